The normalized spacial score (nSPS) is 23.2. The standard InChI is InChI=1S/C23H23NO6S/c1-14-22-16(11-24(13-29-22)17-6-7-31(26,27)12-17)10-19-21(25)20(30-23(14)19)9-15-4-3-5-18(8-15)28-2/h3-5,8-10,17H,6-7,11-13H2,1-2H3/t17-/m1/s1. The van der Waals surface area contributed by atoms with Crippen molar-refractivity contribution >= 4 is 21.7 Å². The monoisotopic (exact) mass is 441 g/mol. The smallest absolute Gasteiger partial charge is 0.231 e. The summed E-state index contributed by atoms with van der Waals surface area (Å²) in [6.07, 6.45) is 2.32. The summed E-state index contributed by atoms with van der Waals surface area (Å²) >= 11 is 0. The summed E-state index contributed by atoms with van der Waals surface area (Å²) in [6, 6.07) is 9.17. The highest BCUT2D eigenvalue weighted by molar-refractivity contribution is 7.91. The molecule has 0 spiro atoms. The lowest BCUT2D eigenvalue weighted by molar-refractivity contribution is 0.0637. The van der Waals surface area contributed by atoms with Gasteiger partial charge in [-0.3, -0.25) is 9.69 Å². The van der Waals surface area contributed by atoms with E-state index in [9.17, 15) is 13.2 Å². The van der Waals surface area contributed by atoms with Gasteiger partial charge < -0.3 is 14.2 Å². The second-order valence-electron chi connectivity index (χ2n) is 8.16. The third-order valence-electron chi connectivity index (χ3n) is 6.08. The molecule has 8 heteroatoms. The number of fused-ring (bicyclic) bond motifs is 2. The number of allylic oxidation sites excluding steroid dienone is 1. The molecule has 3 aliphatic rings. The van der Waals surface area contributed by atoms with E-state index in [0.29, 0.717) is 42.5 Å². The molecule has 0 unspecified atom stereocenters. The van der Waals surface area contributed by atoms with Crippen molar-refractivity contribution in [3.63, 3.8) is 0 Å². The molecule has 0 aliphatic carbocycles. The maximum Gasteiger partial charge on any atom is 0.231 e. The Labute approximate surface area is 181 Å². The van der Waals surface area contributed by atoms with Crippen molar-refractivity contribution in [2.75, 3.05) is 25.3 Å². The van der Waals surface area contributed by atoms with Crippen molar-refractivity contribution in [1.82, 2.24) is 4.90 Å². The number of sulfone groups is 1. The average molecular weight is 442 g/mol. The van der Waals surface area contributed by atoms with Crippen LogP contribution in [0.25, 0.3) is 6.08 Å². The topological polar surface area (TPSA) is 82.1 Å². The molecular weight excluding hydrogens is 418 g/mol. The van der Waals surface area contributed by atoms with E-state index in [1.165, 1.54) is 0 Å². The second-order valence-corrected chi connectivity index (χ2v) is 10.4. The highest BCUT2D eigenvalue weighted by Crippen LogP contribution is 2.43. The van der Waals surface area contributed by atoms with Gasteiger partial charge in [-0.2, -0.15) is 0 Å². The van der Waals surface area contributed by atoms with E-state index in [1.54, 1.807) is 13.2 Å². The third kappa shape index (κ3) is 3.59. The molecule has 2 aromatic rings. The van der Waals surface area contributed by atoms with E-state index in [-0.39, 0.29) is 29.1 Å². The summed E-state index contributed by atoms with van der Waals surface area (Å²) in [5.74, 6) is 2.39. The van der Waals surface area contributed by atoms with Gasteiger partial charge in [-0.15, -0.1) is 0 Å². The third-order valence-corrected chi connectivity index (χ3v) is 7.83. The quantitative estimate of drug-likeness (QED) is 0.678. The molecule has 1 fully saturated rings. The van der Waals surface area contributed by atoms with Crippen LogP contribution in [0.2, 0.25) is 0 Å². The maximum absolute atomic E-state index is 13.1. The number of ether oxygens (including phenoxy) is 3. The van der Waals surface area contributed by atoms with Gasteiger partial charge in [-0.05, 0) is 43.2 Å². The first-order valence-electron chi connectivity index (χ1n) is 10.2. The zero-order chi connectivity index (χ0) is 21.8. The van der Waals surface area contributed by atoms with Gasteiger partial charge in [0.1, 0.15) is 24.0 Å². The average Bonchev–Trinajstić information content (AvgIpc) is 3.28. The number of ketones is 1. The zero-order valence-electron chi connectivity index (χ0n) is 17.4. The van der Waals surface area contributed by atoms with Crippen LogP contribution < -0.4 is 14.2 Å². The van der Waals surface area contributed by atoms with Crippen molar-refractivity contribution in [2.45, 2.75) is 25.9 Å². The summed E-state index contributed by atoms with van der Waals surface area (Å²) in [5, 5.41) is 0. The number of nitrogens with zero attached hydrogens (tertiary/aromatic N) is 1. The van der Waals surface area contributed by atoms with Gasteiger partial charge in [0.25, 0.3) is 0 Å². The maximum atomic E-state index is 13.1. The number of benzene rings is 2. The van der Waals surface area contributed by atoms with E-state index < -0.39 is 9.84 Å². The van der Waals surface area contributed by atoms with Crippen molar-refractivity contribution in [3.05, 3.63) is 58.3 Å². The van der Waals surface area contributed by atoms with E-state index in [1.807, 2.05) is 42.2 Å². The molecule has 3 heterocycles. The van der Waals surface area contributed by atoms with E-state index in [2.05, 4.69) is 0 Å². The SMILES string of the molecule is COc1cccc(C=C2Oc3c(cc4c(c3C)OCN([C@@H]3CCS(=O)(=O)C3)C4)C2=O)c1. The van der Waals surface area contributed by atoms with Gasteiger partial charge in [0.15, 0.2) is 15.6 Å². The molecule has 1 atom stereocenters. The van der Waals surface area contributed by atoms with Crippen molar-refractivity contribution in [3.8, 4) is 17.2 Å². The summed E-state index contributed by atoms with van der Waals surface area (Å²) in [7, 11) is -1.38. The minimum atomic E-state index is -2.98. The van der Waals surface area contributed by atoms with Crippen LogP contribution in [0.15, 0.2) is 36.1 Å². The molecule has 31 heavy (non-hydrogen) atoms. The first-order chi connectivity index (χ1) is 14.8. The fourth-order valence-electron chi connectivity index (χ4n) is 4.45. The van der Waals surface area contributed by atoms with Crippen LogP contribution in [0.3, 0.4) is 0 Å². The Morgan fingerprint density at radius 3 is 2.81 bits per heavy atom. The lowest BCUT2D eigenvalue weighted by Gasteiger charge is -2.33. The van der Waals surface area contributed by atoms with Crippen molar-refractivity contribution in [1.29, 1.82) is 0 Å². The Balaban J connectivity index is 1.44. The zero-order valence-corrected chi connectivity index (χ0v) is 18.2. The summed E-state index contributed by atoms with van der Waals surface area (Å²) in [4.78, 5) is 15.1. The van der Waals surface area contributed by atoms with Crippen LogP contribution in [0.1, 0.15) is 33.5 Å². The fourth-order valence-corrected chi connectivity index (χ4v) is 6.21. The predicted octanol–water partition coefficient (Wildman–Crippen LogP) is 2.96. The highest BCUT2D eigenvalue weighted by atomic mass is 32.2. The van der Waals surface area contributed by atoms with Crippen LogP contribution in [-0.4, -0.2) is 50.5 Å². The summed E-state index contributed by atoms with van der Waals surface area (Å²) in [5.41, 5.74) is 2.98. The Morgan fingerprint density at radius 2 is 2.06 bits per heavy atom. The largest absolute Gasteiger partial charge is 0.497 e. The minimum Gasteiger partial charge on any atom is -0.497 e. The highest BCUT2D eigenvalue weighted by Gasteiger charge is 2.37. The molecule has 0 aromatic heterocycles. The van der Waals surface area contributed by atoms with E-state index in [0.717, 1.165) is 16.7 Å². The molecule has 0 N–H and O–H groups in total. The number of rotatable bonds is 3. The van der Waals surface area contributed by atoms with Gasteiger partial charge in [0.05, 0.1) is 24.2 Å². The fraction of sp³-hybridized carbons (Fsp3) is 0.348. The van der Waals surface area contributed by atoms with Crippen LogP contribution in [0.4, 0.5) is 0 Å². The van der Waals surface area contributed by atoms with Crippen molar-refractivity contribution in [2.24, 2.45) is 0 Å². The number of hydrogen-bond donors (Lipinski definition) is 0. The molecule has 3 aliphatic heterocycles. The lowest BCUT2D eigenvalue weighted by atomic mass is 9.99. The molecular formula is C23H23NO6S. The first-order valence-corrected chi connectivity index (χ1v) is 12.0. The number of Topliss-reactive ketones (excluding diaryl/α,β-unsaturated/α-hetero) is 1. The van der Waals surface area contributed by atoms with E-state index in [4.69, 9.17) is 14.2 Å². The van der Waals surface area contributed by atoms with Crippen LogP contribution >= 0.6 is 0 Å². The molecule has 0 bridgehead atoms. The minimum absolute atomic E-state index is 0.0535. The Kier molecular flexibility index (Phi) is 4.79. The summed E-state index contributed by atoms with van der Waals surface area (Å²) < 4.78 is 40.9. The van der Waals surface area contributed by atoms with Gasteiger partial charge in [0.2, 0.25) is 5.78 Å². The predicted molar refractivity (Wildman–Crippen MR) is 115 cm³/mol. The van der Waals surface area contributed by atoms with Gasteiger partial charge in [-0.1, -0.05) is 12.1 Å². The molecule has 5 rings (SSSR count). The van der Waals surface area contributed by atoms with Crippen LogP contribution in [0, 0.1) is 6.92 Å². The molecule has 0 radical (unpaired) electrons. The molecule has 0 saturated carbocycles. The van der Waals surface area contributed by atoms with Gasteiger partial charge in [0, 0.05) is 23.7 Å². The number of carbonyl (C=O) groups excluding carboxylic acids is 1. The van der Waals surface area contributed by atoms with Crippen molar-refractivity contribution < 1.29 is 27.4 Å². The molecule has 1 saturated heterocycles. The summed E-state index contributed by atoms with van der Waals surface area (Å²) in [6.45, 7) is 2.76. The van der Waals surface area contributed by atoms with E-state index >= 15 is 0 Å². The Bertz CT molecular complexity index is 1220. The number of methoxy groups -OCH3 is 1. The number of hydrogen-bond acceptors (Lipinski definition) is 7. The molecule has 162 valence electrons. The second kappa shape index (κ2) is 7.39. The van der Waals surface area contributed by atoms with Gasteiger partial charge >= 0.3 is 0 Å². The van der Waals surface area contributed by atoms with Gasteiger partial charge in [-0.25, -0.2) is 8.42 Å². The van der Waals surface area contributed by atoms with Crippen LogP contribution in [0.5, 0.6) is 17.2 Å². The Morgan fingerprint density at radius 1 is 1.23 bits per heavy atom. The number of carbonyl (C=O) groups is 1. The molecule has 0 amide bonds. The molecule has 2 aromatic carbocycles. The first kappa shape index (κ1) is 20.1. The molecule has 7 nitrogen and oxygen atoms in total. The van der Waals surface area contributed by atoms with Crippen LogP contribution in [-0.2, 0) is 16.4 Å². The Hall–Kier alpha value is -2.84. The lowest BCUT2D eigenvalue weighted by Crippen LogP contribution is -2.41.